The van der Waals surface area contributed by atoms with Crippen molar-refractivity contribution in [1.82, 2.24) is 4.90 Å². The lowest BCUT2D eigenvalue weighted by Gasteiger charge is -2.37. The molecule has 1 saturated heterocycles. The molecule has 0 spiro atoms. The highest BCUT2D eigenvalue weighted by Gasteiger charge is 2.30. The molecule has 0 aromatic heterocycles. The number of carbonyl (C=O) groups is 1. The second kappa shape index (κ2) is 10.8. The first-order valence-electron chi connectivity index (χ1n) is 11.5. The van der Waals surface area contributed by atoms with Crippen LogP contribution in [0.25, 0.3) is 0 Å². The third-order valence-electron chi connectivity index (χ3n) is 5.87. The van der Waals surface area contributed by atoms with Gasteiger partial charge in [0.1, 0.15) is 18.1 Å². The molecule has 3 aromatic rings. The number of rotatable bonds is 8. The van der Waals surface area contributed by atoms with Gasteiger partial charge in [-0.05, 0) is 67.6 Å². The van der Waals surface area contributed by atoms with Gasteiger partial charge in [-0.15, -0.1) is 0 Å². The van der Waals surface area contributed by atoms with Crippen molar-refractivity contribution in [2.45, 2.75) is 11.8 Å². The molecule has 1 fully saturated rings. The summed E-state index contributed by atoms with van der Waals surface area (Å²) >= 11 is 0. The van der Waals surface area contributed by atoms with Gasteiger partial charge in [0.2, 0.25) is 5.91 Å². The van der Waals surface area contributed by atoms with Gasteiger partial charge < -0.3 is 14.5 Å². The van der Waals surface area contributed by atoms with Crippen molar-refractivity contribution in [2.75, 3.05) is 48.5 Å². The Morgan fingerprint density at radius 2 is 1.54 bits per heavy atom. The van der Waals surface area contributed by atoms with Crippen LogP contribution in [0.2, 0.25) is 0 Å². The molecule has 184 valence electrons. The molecule has 35 heavy (non-hydrogen) atoms. The molecule has 0 N–H and O–H groups in total. The van der Waals surface area contributed by atoms with Crippen molar-refractivity contribution in [3.05, 3.63) is 84.7 Å². The molecule has 9 heteroatoms. The maximum atomic E-state index is 13.6. The summed E-state index contributed by atoms with van der Waals surface area (Å²) in [6.07, 6.45) is 0. The summed E-state index contributed by atoms with van der Waals surface area (Å²) in [5.74, 6) is 0.00670. The van der Waals surface area contributed by atoms with Crippen LogP contribution < -0.4 is 13.9 Å². The maximum Gasteiger partial charge on any atom is 0.264 e. The van der Waals surface area contributed by atoms with E-state index in [4.69, 9.17) is 4.74 Å². The molecule has 1 heterocycles. The average molecular weight is 498 g/mol. The molecule has 0 aliphatic carbocycles. The first-order chi connectivity index (χ1) is 16.9. The Hall–Kier alpha value is -3.59. The highest BCUT2D eigenvalue weighted by atomic mass is 32.2. The summed E-state index contributed by atoms with van der Waals surface area (Å²) in [4.78, 5) is 17.0. The van der Waals surface area contributed by atoms with E-state index >= 15 is 0 Å². The normalized spacial score (nSPS) is 14.0. The number of benzene rings is 3. The minimum Gasteiger partial charge on any atom is -0.494 e. The fourth-order valence-corrected chi connectivity index (χ4v) is 5.41. The summed E-state index contributed by atoms with van der Waals surface area (Å²) < 4.78 is 46.9. The Morgan fingerprint density at radius 3 is 2.14 bits per heavy atom. The quantitative estimate of drug-likeness (QED) is 0.474. The number of ether oxygens (including phenoxy) is 1. The van der Waals surface area contributed by atoms with Crippen molar-refractivity contribution in [3.8, 4) is 5.75 Å². The fraction of sp³-hybridized carbons (Fsp3) is 0.269. The lowest BCUT2D eigenvalue weighted by Crippen LogP contribution is -2.52. The summed E-state index contributed by atoms with van der Waals surface area (Å²) in [6.45, 7) is 4.07. The summed E-state index contributed by atoms with van der Waals surface area (Å²) in [6, 6.07) is 21.1. The van der Waals surface area contributed by atoms with Gasteiger partial charge in [0.25, 0.3) is 10.0 Å². The molecule has 0 atom stereocenters. The standard InChI is InChI=1S/C26H28FN3O4S/c1-2-34-24-12-14-25(15-13-24)35(32,33)30(23-6-4-3-5-7-23)20-26(31)29-18-16-28(17-19-29)22-10-8-21(27)9-11-22/h3-15H,2,16-20H2,1H3. The molecular weight excluding hydrogens is 469 g/mol. The lowest BCUT2D eigenvalue weighted by atomic mass is 10.2. The van der Waals surface area contributed by atoms with E-state index in [9.17, 15) is 17.6 Å². The topological polar surface area (TPSA) is 70.2 Å². The Bertz CT molecular complexity index is 1230. The van der Waals surface area contributed by atoms with Gasteiger partial charge >= 0.3 is 0 Å². The fourth-order valence-electron chi connectivity index (χ4n) is 4.00. The van der Waals surface area contributed by atoms with Crippen molar-refractivity contribution in [2.24, 2.45) is 0 Å². The minimum atomic E-state index is -3.99. The summed E-state index contributed by atoms with van der Waals surface area (Å²) in [7, 11) is -3.99. The molecule has 0 bridgehead atoms. The Labute approximate surface area is 205 Å². The highest BCUT2D eigenvalue weighted by molar-refractivity contribution is 7.92. The van der Waals surface area contributed by atoms with Gasteiger partial charge in [-0.25, -0.2) is 12.8 Å². The predicted molar refractivity (Wildman–Crippen MR) is 134 cm³/mol. The molecule has 1 aliphatic rings. The summed E-state index contributed by atoms with van der Waals surface area (Å²) in [5.41, 5.74) is 1.31. The van der Waals surface area contributed by atoms with Crippen LogP contribution in [0.5, 0.6) is 5.75 Å². The van der Waals surface area contributed by atoms with Crippen LogP contribution in [-0.2, 0) is 14.8 Å². The van der Waals surface area contributed by atoms with E-state index in [1.807, 2.05) is 6.92 Å². The smallest absolute Gasteiger partial charge is 0.264 e. The van der Waals surface area contributed by atoms with Gasteiger partial charge in [0.15, 0.2) is 0 Å². The molecule has 7 nitrogen and oxygen atoms in total. The highest BCUT2D eigenvalue weighted by Crippen LogP contribution is 2.26. The van der Waals surface area contributed by atoms with Gasteiger partial charge in [-0.1, -0.05) is 18.2 Å². The van der Waals surface area contributed by atoms with Crippen molar-refractivity contribution in [3.63, 3.8) is 0 Å². The van der Waals surface area contributed by atoms with E-state index < -0.39 is 10.0 Å². The summed E-state index contributed by atoms with van der Waals surface area (Å²) in [5, 5.41) is 0. The number of hydrogen-bond donors (Lipinski definition) is 0. The molecule has 0 saturated carbocycles. The van der Waals surface area contributed by atoms with Gasteiger partial charge in [-0.3, -0.25) is 9.10 Å². The maximum absolute atomic E-state index is 13.6. The van der Waals surface area contributed by atoms with Gasteiger partial charge in [0, 0.05) is 31.9 Å². The van der Waals surface area contributed by atoms with E-state index in [0.29, 0.717) is 44.2 Å². The van der Waals surface area contributed by atoms with E-state index in [-0.39, 0.29) is 23.2 Å². The lowest BCUT2D eigenvalue weighted by molar-refractivity contribution is -0.129. The van der Waals surface area contributed by atoms with Crippen LogP contribution in [0.4, 0.5) is 15.8 Å². The number of anilines is 2. The van der Waals surface area contributed by atoms with E-state index in [0.717, 1.165) is 9.99 Å². The Kier molecular flexibility index (Phi) is 7.55. The van der Waals surface area contributed by atoms with Crippen molar-refractivity contribution in [1.29, 1.82) is 0 Å². The number of sulfonamides is 1. The third kappa shape index (κ3) is 5.74. The van der Waals surface area contributed by atoms with Gasteiger partial charge in [-0.2, -0.15) is 0 Å². The minimum absolute atomic E-state index is 0.0822. The zero-order valence-electron chi connectivity index (χ0n) is 19.5. The van der Waals surface area contributed by atoms with Crippen molar-refractivity contribution >= 4 is 27.3 Å². The SMILES string of the molecule is CCOc1ccc(S(=O)(=O)N(CC(=O)N2CCN(c3ccc(F)cc3)CC2)c2ccccc2)cc1. The molecule has 4 rings (SSSR count). The molecule has 0 radical (unpaired) electrons. The molecule has 1 amide bonds. The molecule has 1 aliphatic heterocycles. The molecule has 3 aromatic carbocycles. The molecular formula is C26H28FN3O4S. The molecule has 0 unspecified atom stereocenters. The monoisotopic (exact) mass is 497 g/mol. The number of halogens is 1. The van der Waals surface area contributed by atoms with Crippen LogP contribution >= 0.6 is 0 Å². The van der Waals surface area contributed by atoms with Gasteiger partial charge in [0.05, 0.1) is 17.2 Å². The first-order valence-corrected chi connectivity index (χ1v) is 12.9. The zero-order valence-corrected chi connectivity index (χ0v) is 20.3. The predicted octanol–water partition coefficient (Wildman–Crippen LogP) is 3.77. The average Bonchev–Trinajstić information content (AvgIpc) is 2.88. The van der Waals surface area contributed by atoms with E-state index in [1.54, 1.807) is 59.5 Å². The Morgan fingerprint density at radius 1 is 0.914 bits per heavy atom. The second-order valence-electron chi connectivity index (χ2n) is 8.10. The van der Waals surface area contributed by atoms with E-state index in [1.165, 1.54) is 24.3 Å². The number of nitrogens with zero attached hydrogens (tertiary/aromatic N) is 3. The number of carbonyl (C=O) groups excluding carboxylic acids is 1. The van der Waals surface area contributed by atoms with E-state index in [2.05, 4.69) is 4.90 Å². The van der Waals surface area contributed by atoms with Crippen LogP contribution in [0.15, 0.2) is 83.8 Å². The number of amides is 1. The Balaban J connectivity index is 1.50. The largest absolute Gasteiger partial charge is 0.494 e. The van der Waals surface area contributed by atoms with Crippen LogP contribution in [0.1, 0.15) is 6.92 Å². The van der Waals surface area contributed by atoms with Crippen LogP contribution in [0, 0.1) is 5.82 Å². The van der Waals surface area contributed by atoms with Crippen LogP contribution in [-0.4, -0.2) is 58.6 Å². The number of piperazine rings is 1. The zero-order chi connectivity index (χ0) is 24.8. The van der Waals surface area contributed by atoms with Crippen molar-refractivity contribution < 1.29 is 22.3 Å². The third-order valence-corrected chi connectivity index (χ3v) is 7.66. The number of para-hydroxylation sites is 1. The first kappa shape index (κ1) is 24.5. The number of hydrogen-bond acceptors (Lipinski definition) is 5. The second-order valence-corrected chi connectivity index (χ2v) is 9.96. The van der Waals surface area contributed by atoms with Crippen LogP contribution in [0.3, 0.4) is 0 Å².